The van der Waals surface area contributed by atoms with Crippen molar-refractivity contribution in [2.24, 2.45) is 5.92 Å². The molecule has 2 fully saturated rings. The molecule has 7 heteroatoms. The van der Waals surface area contributed by atoms with Crippen molar-refractivity contribution in [3.63, 3.8) is 0 Å². The fourth-order valence-corrected chi connectivity index (χ4v) is 4.75. The maximum atomic E-state index is 14.5. The number of urea groups is 1. The first-order valence-corrected chi connectivity index (χ1v) is 10.3. The first-order valence-electron chi connectivity index (χ1n) is 9.88. The Labute approximate surface area is 164 Å². The number of benzene rings is 1. The van der Waals surface area contributed by atoms with E-state index >= 15 is 0 Å². The van der Waals surface area contributed by atoms with Gasteiger partial charge in [-0.15, -0.1) is 0 Å². The summed E-state index contributed by atoms with van der Waals surface area (Å²) in [5.41, 5.74) is 1.20. The second-order valence-electron chi connectivity index (χ2n) is 7.73. The maximum absolute atomic E-state index is 14.5. The van der Waals surface area contributed by atoms with Crippen LogP contribution in [0.5, 0.6) is 0 Å². The Morgan fingerprint density at radius 3 is 2.33 bits per heavy atom. The minimum atomic E-state index is -0.424. The van der Waals surface area contributed by atoms with Gasteiger partial charge in [-0.25, -0.2) is 9.18 Å². The van der Waals surface area contributed by atoms with Crippen LogP contribution in [-0.4, -0.2) is 54.5 Å². The predicted molar refractivity (Wildman–Crippen MR) is 103 cm³/mol. The highest BCUT2D eigenvalue weighted by atomic mass is 35.5. The lowest BCUT2D eigenvalue weighted by molar-refractivity contribution is -0.123. The molecule has 0 atom stereocenters. The monoisotopic (exact) mass is 393 g/mol. The van der Waals surface area contributed by atoms with Crippen molar-refractivity contribution in [3.8, 4) is 0 Å². The minimum Gasteiger partial charge on any atom is -0.325 e. The van der Waals surface area contributed by atoms with Crippen LogP contribution in [0.15, 0.2) is 12.1 Å². The SMILES string of the molecule is O=C(N1CCCC1)N1CCC(C(=O)N2CCCc3cc(Cl)cc(F)c32)CC1. The third-order valence-corrected chi connectivity index (χ3v) is 6.18. The summed E-state index contributed by atoms with van der Waals surface area (Å²) in [7, 11) is 0. The number of carbonyl (C=O) groups excluding carboxylic acids is 2. The topological polar surface area (TPSA) is 43.9 Å². The summed E-state index contributed by atoms with van der Waals surface area (Å²) in [6, 6.07) is 3.14. The lowest BCUT2D eigenvalue weighted by Gasteiger charge is -2.37. The van der Waals surface area contributed by atoms with Gasteiger partial charge in [-0.05, 0) is 56.2 Å². The summed E-state index contributed by atoms with van der Waals surface area (Å²) in [4.78, 5) is 31.0. The molecule has 3 heterocycles. The molecule has 0 aliphatic carbocycles. The highest BCUT2D eigenvalue weighted by Crippen LogP contribution is 2.35. The molecule has 0 N–H and O–H groups in total. The number of rotatable bonds is 1. The van der Waals surface area contributed by atoms with Gasteiger partial charge in [0.05, 0.1) is 5.69 Å². The first-order chi connectivity index (χ1) is 13.0. The normalized spacial score (nSPS) is 20.7. The average molecular weight is 394 g/mol. The Morgan fingerprint density at radius 1 is 0.963 bits per heavy atom. The zero-order chi connectivity index (χ0) is 19.0. The number of hydrogen-bond acceptors (Lipinski definition) is 2. The van der Waals surface area contributed by atoms with Gasteiger partial charge in [0.1, 0.15) is 5.82 Å². The van der Waals surface area contributed by atoms with E-state index in [9.17, 15) is 14.0 Å². The molecule has 0 bridgehead atoms. The standard InChI is InChI=1S/C20H25ClFN3O2/c21-16-12-15-4-3-9-25(18(15)17(22)13-16)19(26)14-5-10-24(11-6-14)20(27)23-7-1-2-8-23/h12-14H,1-11H2. The number of aryl methyl sites for hydroxylation is 1. The van der Waals surface area contributed by atoms with E-state index in [0.717, 1.165) is 44.3 Å². The molecule has 0 radical (unpaired) electrons. The molecule has 27 heavy (non-hydrogen) atoms. The Kier molecular flexibility index (Phi) is 5.26. The average Bonchev–Trinajstić information content (AvgIpc) is 3.21. The smallest absolute Gasteiger partial charge is 0.319 e. The summed E-state index contributed by atoms with van der Waals surface area (Å²) < 4.78 is 14.5. The van der Waals surface area contributed by atoms with Gasteiger partial charge < -0.3 is 14.7 Å². The van der Waals surface area contributed by atoms with Gasteiger partial charge in [-0.2, -0.15) is 0 Å². The molecule has 0 aromatic heterocycles. The van der Waals surface area contributed by atoms with Crippen LogP contribution in [-0.2, 0) is 11.2 Å². The van der Waals surface area contributed by atoms with Crippen molar-refractivity contribution in [2.45, 2.75) is 38.5 Å². The van der Waals surface area contributed by atoms with Crippen molar-refractivity contribution >= 4 is 29.2 Å². The van der Waals surface area contributed by atoms with Crippen LogP contribution < -0.4 is 4.90 Å². The number of anilines is 1. The number of halogens is 2. The van der Waals surface area contributed by atoms with Crippen LogP contribution in [0, 0.1) is 11.7 Å². The number of piperidine rings is 1. The highest BCUT2D eigenvalue weighted by Gasteiger charge is 2.35. The van der Waals surface area contributed by atoms with Crippen LogP contribution in [0.3, 0.4) is 0 Å². The molecule has 3 aliphatic rings. The third-order valence-electron chi connectivity index (χ3n) is 5.96. The second kappa shape index (κ2) is 7.66. The molecule has 3 amide bonds. The van der Waals surface area contributed by atoms with Crippen LogP contribution >= 0.6 is 11.6 Å². The van der Waals surface area contributed by atoms with Gasteiger partial charge in [0.15, 0.2) is 0 Å². The van der Waals surface area contributed by atoms with E-state index in [1.807, 2.05) is 9.80 Å². The molecule has 0 unspecified atom stereocenters. The lowest BCUT2D eigenvalue weighted by atomic mass is 9.93. The van der Waals surface area contributed by atoms with E-state index in [1.165, 1.54) is 6.07 Å². The number of hydrogen-bond donors (Lipinski definition) is 0. The molecule has 0 spiro atoms. The number of fused-ring (bicyclic) bond motifs is 1. The molecule has 1 aromatic rings. The number of carbonyl (C=O) groups is 2. The molecular formula is C20H25ClFN3O2. The maximum Gasteiger partial charge on any atom is 0.319 e. The van der Waals surface area contributed by atoms with E-state index in [0.29, 0.717) is 43.2 Å². The van der Waals surface area contributed by atoms with Gasteiger partial charge in [-0.3, -0.25) is 4.79 Å². The van der Waals surface area contributed by atoms with Crippen molar-refractivity contribution < 1.29 is 14.0 Å². The van der Waals surface area contributed by atoms with Crippen molar-refractivity contribution in [1.29, 1.82) is 0 Å². The summed E-state index contributed by atoms with van der Waals surface area (Å²) in [6.45, 7) is 3.40. The van der Waals surface area contributed by atoms with Gasteiger partial charge in [-0.1, -0.05) is 11.6 Å². The minimum absolute atomic E-state index is 0.0227. The van der Waals surface area contributed by atoms with Crippen LogP contribution in [0.4, 0.5) is 14.9 Å². The molecule has 2 saturated heterocycles. The van der Waals surface area contributed by atoms with Gasteiger partial charge in [0, 0.05) is 43.7 Å². The quantitative estimate of drug-likeness (QED) is 0.730. The molecular weight excluding hydrogens is 369 g/mol. The van der Waals surface area contributed by atoms with E-state index in [2.05, 4.69) is 0 Å². The predicted octanol–water partition coefficient (Wildman–Crippen LogP) is 3.69. The van der Waals surface area contributed by atoms with E-state index in [1.54, 1.807) is 11.0 Å². The van der Waals surface area contributed by atoms with Crippen molar-refractivity contribution in [3.05, 3.63) is 28.5 Å². The lowest BCUT2D eigenvalue weighted by Crippen LogP contribution is -2.49. The molecule has 0 saturated carbocycles. The number of likely N-dealkylation sites (tertiary alicyclic amines) is 2. The summed E-state index contributed by atoms with van der Waals surface area (Å²) in [5.74, 6) is -0.605. The Hall–Kier alpha value is -1.82. The number of nitrogens with zero attached hydrogens (tertiary/aromatic N) is 3. The number of amides is 3. The largest absolute Gasteiger partial charge is 0.325 e. The fourth-order valence-electron chi connectivity index (χ4n) is 4.52. The molecule has 3 aliphatic heterocycles. The molecule has 146 valence electrons. The van der Waals surface area contributed by atoms with Gasteiger partial charge in [0.25, 0.3) is 0 Å². The zero-order valence-corrected chi connectivity index (χ0v) is 16.2. The Morgan fingerprint density at radius 2 is 1.63 bits per heavy atom. The Bertz CT molecular complexity index is 743. The molecule has 1 aromatic carbocycles. The summed E-state index contributed by atoms with van der Waals surface area (Å²) in [6.07, 6.45) is 4.97. The van der Waals surface area contributed by atoms with Crippen LogP contribution in [0.2, 0.25) is 5.02 Å². The van der Waals surface area contributed by atoms with Crippen molar-refractivity contribution in [2.75, 3.05) is 37.6 Å². The highest BCUT2D eigenvalue weighted by molar-refractivity contribution is 6.30. The summed E-state index contributed by atoms with van der Waals surface area (Å²) >= 11 is 5.97. The van der Waals surface area contributed by atoms with E-state index < -0.39 is 5.82 Å². The Balaban J connectivity index is 1.43. The second-order valence-corrected chi connectivity index (χ2v) is 8.16. The fraction of sp³-hybridized carbons (Fsp3) is 0.600. The zero-order valence-electron chi connectivity index (χ0n) is 15.4. The first kappa shape index (κ1) is 18.5. The molecule has 4 rings (SSSR count). The van der Waals surface area contributed by atoms with Crippen molar-refractivity contribution in [1.82, 2.24) is 9.80 Å². The van der Waals surface area contributed by atoms with Gasteiger partial charge >= 0.3 is 6.03 Å². The van der Waals surface area contributed by atoms with Gasteiger partial charge in [0.2, 0.25) is 5.91 Å². The van der Waals surface area contributed by atoms with E-state index in [4.69, 9.17) is 11.6 Å². The van der Waals surface area contributed by atoms with E-state index in [-0.39, 0.29) is 17.9 Å². The van der Waals surface area contributed by atoms with Crippen LogP contribution in [0.25, 0.3) is 0 Å². The summed E-state index contributed by atoms with van der Waals surface area (Å²) in [5, 5.41) is 0.370. The molecule has 5 nitrogen and oxygen atoms in total. The van der Waals surface area contributed by atoms with Crippen LogP contribution in [0.1, 0.15) is 37.7 Å². The third kappa shape index (κ3) is 3.64.